The number of guanidine groups is 1. The number of rotatable bonds is 5. The molecule has 2 atom stereocenters. The molecular formula is C12H19N7O. The van der Waals surface area contributed by atoms with Gasteiger partial charge in [0.2, 0.25) is 11.9 Å². The third-order valence-electron chi connectivity index (χ3n) is 3.14. The normalized spacial score (nSPS) is 20.1. The molecule has 2 unspecified atom stereocenters. The minimum absolute atomic E-state index is 0.0523. The predicted molar refractivity (Wildman–Crippen MR) is 72.8 cm³/mol. The van der Waals surface area contributed by atoms with Gasteiger partial charge in [-0.2, -0.15) is 10.5 Å². The summed E-state index contributed by atoms with van der Waals surface area (Å²) in [4.78, 5) is 17.5. The van der Waals surface area contributed by atoms with Crippen LogP contribution in [-0.4, -0.2) is 41.9 Å². The fourth-order valence-electron chi connectivity index (χ4n) is 2.11. The molecule has 1 saturated heterocycles. The summed E-state index contributed by atoms with van der Waals surface area (Å²) in [5.74, 6) is -0.127. The van der Waals surface area contributed by atoms with Crippen LogP contribution in [0, 0.1) is 22.8 Å². The second kappa shape index (κ2) is 7.97. The van der Waals surface area contributed by atoms with Crippen molar-refractivity contribution >= 4 is 11.9 Å². The Morgan fingerprint density at radius 1 is 1.55 bits per heavy atom. The first kappa shape index (κ1) is 15.7. The average Bonchev–Trinajstić information content (AvgIpc) is 2.91. The molecule has 1 fully saturated rings. The Kier molecular flexibility index (Phi) is 6.27. The number of likely N-dealkylation sites (tertiary alicyclic amines) is 1. The monoisotopic (exact) mass is 277 g/mol. The van der Waals surface area contributed by atoms with E-state index in [2.05, 4.69) is 16.4 Å². The Bertz CT molecular complexity index is 448. The Hall–Kier alpha value is -2.32. The molecule has 108 valence electrons. The number of nitrogens with one attached hydrogen (secondary N) is 1. The number of nitrogens with two attached hydrogens (primary N) is 2. The fraction of sp³-hybridized carbons (Fsp3) is 0.667. The van der Waals surface area contributed by atoms with Crippen molar-refractivity contribution < 1.29 is 4.79 Å². The summed E-state index contributed by atoms with van der Waals surface area (Å²) >= 11 is 0. The van der Waals surface area contributed by atoms with Gasteiger partial charge in [0.25, 0.3) is 0 Å². The van der Waals surface area contributed by atoms with Gasteiger partial charge in [0, 0.05) is 13.1 Å². The van der Waals surface area contributed by atoms with E-state index in [1.807, 2.05) is 0 Å². The van der Waals surface area contributed by atoms with Crippen LogP contribution < -0.4 is 16.8 Å². The number of nitriles is 2. The van der Waals surface area contributed by atoms with Gasteiger partial charge in [-0.15, -0.1) is 0 Å². The van der Waals surface area contributed by atoms with Crippen molar-refractivity contribution in [2.75, 3.05) is 13.1 Å². The van der Waals surface area contributed by atoms with Crippen LogP contribution >= 0.6 is 0 Å². The molecule has 1 aliphatic heterocycles. The van der Waals surface area contributed by atoms with Crippen molar-refractivity contribution in [1.82, 2.24) is 10.2 Å². The van der Waals surface area contributed by atoms with Gasteiger partial charge in [-0.05, 0) is 25.7 Å². The lowest BCUT2D eigenvalue weighted by molar-refractivity contribution is -0.132. The molecular weight excluding hydrogens is 258 g/mol. The van der Waals surface area contributed by atoms with E-state index in [4.69, 9.17) is 22.0 Å². The SMILES string of the molecule is N#CNC(N)=NCCCC(N)C(=O)N1CCCC1C#N. The van der Waals surface area contributed by atoms with Gasteiger partial charge < -0.3 is 16.4 Å². The van der Waals surface area contributed by atoms with Crippen LogP contribution in [0.3, 0.4) is 0 Å². The molecule has 0 spiro atoms. The predicted octanol–water partition coefficient (Wildman–Crippen LogP) is -1.01. The summed E-state index contributed by atoms with van der Waals surface area (Å²) in [6, 6.07) is 1.15. The number of nitrogens with zero attached hydrogens (tertiary/aromatic N) is 4. The topological polar surface area (TPSA) is 144 Å². The van der Waals surface area contributed by atoms with Gasteiger partial charge in [0.15, 0.2) is 6.19 Å². The number of aliphatic imine (C=N–C) groups is 1. The minimum atomic E-state index is -0.621. The van der Waals surface area contributed by atoms with E-state index in [9.17, 15) is 4.79 Å². The van der Waals surface area contributed by atoms with Crippen molar-refractivity contribution in [2.24, 2.45) is 16.5 Å². The molecule has 8 nitrogen and oxygen atoms in total. The van der Waals surface area contributed by atoms with E-state index < -0.39 is 6.04 Å². The van der Waals surface area contributed by atoms with Gasteiger partial charge in [-0.3, -0.25) is 15.1 Å². The van der Waals surface area contributed by atoms with Crippen LogP contribution in [0.15, 0.2) is 4.99 Å². The first-order chi connectivity index (χ1) is 9.60. The molecule has 0 aromatic heterocycles. The van der Waals surface area contributed by atoms with Crippen molar-refractivity contribution in [1.29, 1.82) is 10.5 Å². The standard InChI is InChI=1S/C12H19N7O/c13-7-9-3-2-6-19(9)11(20)10(15)4-1-5-17-12(16)18-8-14/h9-10H,1-6,15H2,(H3,16,17,18). The molecule has 5 N–H and O–H groups in total. The van der Waals surface area contributed by atoms with Crippen LogP contribution in [0.5, 0.6) is 0 Å². The highest BCUT2D eigenvalue weighted by molar-refractivity contribution is 5.82. The minimum Gasteiger partial charge on any atom is -0.369 e. The quantitative estimate of drug-likeness (QED) is 0.193. The molecule has 0 saturated carbocycles. The molecule has 1 amide bonds. The third-order valence-corrected chi connectivity index (χ3v) is 3.14. The zero-order chi connectivity index (χ0) is 15.0. The Morgan fingerprint density at radius 3 is 2.95 bits per heavy atom. The first-order valence-corrected chi connectivity index (χ1v) is 6.51. The number of carbonyl (C=O) groups excluding carboxylic acids is 1. The molecule has 1 aliphatic rings. The second-order valence-corrected chi connectivity index (χ2v) is 4.57. The van der Waals surface area contributed by atoms with Crippen LogP contribution in [0.25, 0.3) is 0 Å². The van der Waals surface area contributed by atoms with Crippen molar-refractivity contribution in [2.45, 2.75) is 37.8 Å². The Balaban J connectivity index is 2.34. The van der Waals surface area contributed by atoms with E-state index in [-0.39, 0.29) is 17.9 Å². The lowest BCUT2D eigenvalue weighted by Gasteiger charge is -2.23. The molecule has 8 heteroatoms. The zero-order valence-electron chi connectivity index (χ0n) is 11.2. The highest BCUT2D eigenvalue weighted by atomic mass is 16.2. The molecule has 0 radical (unpaired) electrons. The Morgan fingerprint density at radius 2 is 2.30 bits per heavy atom. The summed E-state index contributed by atoms with van der Waals surface area (Å²) in [5, 5.41) is 19.5. The maximum absolute atomic E-state index is 12.1. The number of hydrogen-bond acceptors (Lipinski definition) is 5. The molecule has 1 rings (SSSR count). The van der Waals surface area contributed by atoms with E-state index in [1.54, 1.807) is 11.1 Å². The van der Waals surface area contributed by atoms with Crippen LogP contribution in [0.1, 0.15) is 25.7 Å². The maximum Gasteiger partial charge on any atom is 0.240 e. The van der Waals surface area contributed by atoms with Crippen molar-refractivity contribution in [3.05, 3.63) is 0 Å². The Labute approximate surface area is 118 Å². The van der Waals surface area contributed by atoms with Crippen LogP contribution in [-0.2, 0) is 4.79 Å². The summed E-state index contributed by atoms with van der Waals surface area (Å²) in [6.45, 7) is 0.991. The van der Waals surface area contributed by atoms with Crippen LogP contribution in [0.2, 0.25) is 0 Å². The van der Waals surface area contributed by atoms with E-state index in [0.29, 0.717) is 25.9 Å². The van der Waals surface area contributed by atoms with Crippen molar-refractivity contribution in [3.63, 3.8) is 0 Å². The van der Waals surface area contributed by atoms with Gasteiger partial charge in [-0.1, -0.05) is 0 Å². The number of hydrogen-bond donors (Lipinski definition) is 3. The van der Waals surface area contributed by atoms with Gasteiger partial charge in [-0.25, -0.2) is 0 Å². The molecule has 20 heavy (non-hydrogen) atoms. The van der Waals surface area contributed by atoms with E-state index >= 15 is 0 Å². The van der Waals surface area contributed by atoms with E-state index in [0.717, 1.165) is 12.8 Å². The van der Waals surface area contributed by atoms with Crippen molar-refractivity contribution in [3.8, 4) is 12.3 Å². The molecule has 0 aromatic rings. The fourth-order valence-corrected chi connectivity index (χ4v) is 2.11. The summed E-state index contributed by atoms with van der Waals surface area (Å²) in [5.41, 5.74) is 11.2. The number of carbonyl (C=O) groups is 1. The highest BCUT2D eigenvalue weighted by Crippen LogP contribution is 2.17. The molecule has 0 aromatic carbocycles. The highest BCUT2D eigenvalue weighted by Gasteiger charge is 2.31. The molecule has 0 bridgehead atoms. The maximum atomic E-state index is 12.1. The van der Waals surface area contributed by atoms with Crippen LogP contribution in [0.4, 0.5) is 0 Å². The van der Waals surface area contributed by atoms with E-state index in [1.165, 1.54) is 0 Å². The smallest absolute Gasteiger partial charge is 0.240 e. The van der Waals surface area contributed by atoms with Gasteiger partial charge in [0.1, 0.15) is 6.04 Å². The largest absolute Gasteiger partial charge is 0.369 e. The average molecular weight is 277 g/mol. The lowest BCUT2D eigenvalue weighted by atomic mass is 10.1. The number of amides is 1. The molecule has 0 aliphatic carbocycles. The lowest BCUT2D eigenvalue weighted by Crippen LogP contribution is -2.45. The van der Waals surface area contributed by atoms with Gasteiger partial charge in [0.05, 0.1) is 12.1 Å². The summed E-state index contributed by atoms with van der Waals surface area (Å²) < 4.78 is 0. The summed E-state index contributed by atoms with van der Waals surface area (Å²) in [7, 11) is 0. The summed E-state index contributed by atoms with van der Waals surface area (Å²) in [6.07, 6.45) is 4.28. The molecule has 1 heterocycles. The second-order valence-electron chi connectivity index (χ2n) is 4.57. The zero-order valence-corrected chi connectivity index (χ0v) is 11.2. The van der Waals surface area contributed by atoms with Gasteiger partial charge >= 0.3 is 0 Å². The first-order valence-electron chi connectivity index (χ1n) is 6.51. The third kappa shape index (κ3) is 4.41.